The Labute approximate surface area is 111 Å². The third-order valence-corrected chi connectivity index (χ3v) is 3.49. The fraction of sp³-hybridized carbons (Fsp3) is 0.538. The maximum atomic E-state index is 11.6. The standard InChI is InChI=1S/C13H18N2O4/c1-9(13(17)18)10-6-15(7-10)8-12(16)14-5-11-3-2-4-19-11/h2-4,9-10H,5-8H2,1H3,(H,14,16)(H,17,18). The number of carbonyl (C=O) groups excluding carboxylic acids is 1. The molecule has 1 unspecified atom stereocenters. The first-order valence-corrected chi connectivity index (χ1v) is 6.30. The monoisotopic (exact) mass is 266 g/mol. The summed E-state index contributed by atoms with van der Waals surface area (Å²) in [5.74, 6) is -0.322. The lowest BCUT2D eigenvalue weighted by molar-refractivity contribution is -0.145. The van der Waals surface area contributed by atoms with E-state index in [9.17, 15) is 9.59 Å². The molecule has 0 radical (unpaired) electrons. The lowest BCUT2D eigenvalue weighted by atomic mass is 9.87. The van der Waals surface area contributed by atoms with Crippen LogP contribution in [0.4, 0.5) is 0 Å². The van der Waals surface area contributed by atoms with Crippen LogP contribution in [0.15, 0.2) is 22.8 Å². The van der Waals surface area contributed by atoms with E-state index in [4.69, 9.17) is 9.52 Å². The Morgan fingerprint density at radius 1 is 1.58 bits per heavy atom. The highest BCUT2D eigenvalue weighted by atomic mass is 16.4. The van der Waals surface area contributed by atoms with Gasteiger partial charge in [0.05, 0.1) is 25.3 Å². The largest absolute Gasteiger partial charge is 0.481 e. The molecule has 1 atom stereocenters. The fourth-order valence-corrected chi connectivity index (χ4v) is 2.11. The van der Waals surface area contributed by atoms with Crippen molar-refractivity contribution in [2.75, 3.05) is 19.6 Å². The van der Waals surface area contributed by atoms with Crippen molar-refractivity contribution in [2.45, 2.75) is 13.5 Å². The van der Waals surface area contributed by atoms with Gasteiger partial charge in [0, 0.05) is 13.1 Å². The molecule has 2 heterocycles. The molecule has 6 heteroatoms. The predicted molar refractivity (Wildman–Crippen MR) is 67.3 cm³/mol. The molecule has 1 aliphatic rings. The fourth-order valence-electron chi connectivity index (χ4n) is 2.11. The topological polar surface area (TPSA) is 82.8 Å². The van der Waals surface area contributed by atoms with Crippen LogP contribution in [0.2, 0.25) is 0 Å². The highest BCUT2D eigenvalue weighted by molar-refractivity contribution is 5.78. The molecule has 0 saturated carbocycles. The number of rotatable bonds is 6. The van der Waals surface area contributed by atoms with Crippen LogP contribution in [0.25, 0.3) is 0 Å². The van der Waals surface area contributed by atoms with Crippen molar-refractivity contribution in [1.29, 1.82) is 0 Å². The summed E-state index contributed by atoms with van der Waals surface area (Å²) in [6.07, 6.45) is 1.56. The number of furan rings is 1. The van der Waals surface area contributed by atoms with Gasteiger partial charge in [0.15, 0.2) is 0 Å². The van der Waals surface area contributed by atoms with Gasteiger partial charge in [-0.1, -0.05) is 6.92 Å². The number of nitrogens with zero attached hydrogens (tertiary/aromatic N) is 1. The van der Waals surface area contributed by atoms with Gasteiger partial charge in [-0.3, -0.25) is 14.5 Å². The number of carboxylic acid groups (broad SMARTS) is 1. The van der Waals surface area contributed by atoms with Crippen molar-refractivity contribution in [3.05, 3.63) is 24.2 Å². The molecule has 2 rings (SSSR count). The summed E-state index contributed by atoms with van der Waals surface area (Å²) in [5, 5.41) is 11.6. The van der Waals surface area contributed by atoms with E-state index in [1.165, 1.54) is 0 Å². The number of aliphatic carboxylic acids is 1. The smallest absolute Gasteiger partial charge is 0.306 e. The van der Waals surface area contributed by atoms with E-state index in [-0.39, 0.29) is 17.7 Å². The average Bonchev–Trinajstić information content (AvgIpc) is 2.82. The van der Waals surface area contributed by atoms with Gasteiger partial charge in [0.2, 0.25) is 5.91 Å². The van der Waals surface area contributed by atoms with Crippen molar-refractivity contribution >= 4 is 11.9 Å². The van der Waals surface area contributed by atoms with E-state index >= 15 is 0 Å². The van der Waals surface area contributed by atoms with Crippen molar-refractivity contribution in [3.8, 4) is 0 Å². The highest BCUT2D eigenvalue weighted by Gasteiger charge is 2.35. The number of nitrogens with one attached hydrogen (secondary N) is 1. The van der Waals surface area contributed by atoms with Gasteiger partial charge in [0.25, 0.3) is 0 Å². The molecule has 104 valence electrons. The molecule has 1 amide bonds. The third kappa shape index (κ3) is 3.57. The van der Waals surface area contributed by atoms with E-state index in [1.54, 1.807) is 25.3 Å². The van der Waals surface area contributed by atoms with Gasteiger partial charge < -0.3 is 14.8 Å². The maximum Gasteiger partial charge on any atom is 0.306 e. The van der Waals surface area contributed by atoms with Crippen LogP contribution in [-0.2, 0) is 16.1 Å². The van der Waals surface area contributed by atoms with Crippen LogP contribution >= 0.6 is 0 Å². The molecule has 1 aliphatic heterocycles. The van der Waals surface area contributed by atoms with Crippen LogP contribution in [-0.4, -0.2) is 41.5 Å². The highest BCUT2D eigenvalue weighted by Crippen LogP contribution is 2.23. The van der Waals surface area contributed by atoms with Crippen LogP contribution in [0.1, 0.15) is 12.7 Å². The zero-order valence-corrected chi connectivity index (χ0v) is 10.8. The second-order valence-corrected chi connectivity index (χ2v) is 4.94. The Hall–Kier alpha value is -1.82. The first-order chi connectivity index (χ1) is 9.06. The molecule has 6 nitrogen and oxygen atoms in total. The molecule has 1 fully saturated rings. The number of amides is 1. The Morgan fingerprint density at radius 3 is 2.89 bits per heavy atom. The summed E-state index contributed by atoms with van der Waals surface area (Å²) in [6, 6.07) is 3.57. The van der Waals surface area contributed by atoms with Gasteiger partial charge in [-0.15, -0.1) is 0 Å². The molecule has 0 bridgehead atoms. The number of hydrogen-bond acceptors (Lipinski definition) is 4. The molecule has 0 aliphatic carbocycles. The van der Waals surface area contributed by atoms with Crippen LogP contribution in [0.3, 0.4) is 0 Å². The van der Waals surface area contributed by atoms with Crippen molar-refractivity contribution in [2.24, 2.45) is 11.8 Å². The third-order valence-electron chi connectivity index (χ3n) is 3.49. The molecule has 1 aromatic rings. The Bertz CT molecular complexity index is 438. The van der Waals surface area contributed by atoms with Crippen molar-refractivity contribution in [1.82, 2.24) is 10.2 Å². The number of likely N-dealkylation sites (tertiary alicyclic amines) is 1. The van der Waals surface area contributed by atoms with E-state index < -0.39 is 5.97 Å². The quantitative estimate of drug-likeness (QED) is 0.785. The Balaban J connectivity index is 1.64. The van der Waals surface area contributed by atoms with Gasteiger partial charge >= 0.3 is 5.97 Å². The average molecular weight is 266 g/mol. The molecule has 0 aromatic carbocycles. The lowest BCUT2D eigenvalue weighted by Crippen LogP contribution is -2.53. The predicted octanol–water partition coefficient (Wildman–Crippen LogP) is 0.548. The SMILES string of the molecule is CC(C(=O)O)C1CN(CC(=O)NCc2ccco2)C1. The zero-order valence-electron chi connectivity index (χ0n) is 10.8. The van der Waals surface area contributed by atoms with Crippen molar-refractivity contribution < 1.29 is 19.1 Å². The van der Waals surface area contributed by atoms with E-state index in [0.717, 1.165) is 0 Å². The summed E-state index contributed by atoms with van der Waals surface area (Å²) in [4.78, 5) is 24.4. The normalized spacial score (nSPS) is 17.7. The summed E-state index contributed by atoms with van der Waals surface area (Å²) in [7, 11) is 0. The van der Waals surface area contributed by atoms with Crippen LogP contribution < -0.4 is 5.32 Å². The van der Waals surface area contributed by atoms with Gasteiger partial charge in [-0.2, -0.15) is 0 Å². The molecular weight excluding hydrogens is 248 g/mol. The molecule has 1 aromatic heterocycles. The Kier molecular flexibility index (Phi) is 4.21. The maximum absolute atomic E-state index is 11.6. The van der Waals surface area contributed by atoms with Gasteiger partial charge in [-0.05, 0) is 18.1 Å². The molecule has 2 N–H and O–H groups in total. The molecular formula is C13H18N2O4. The summed E-state index contributed by atoms with van der Waals surface area (Å²) in [6.45, 7) is 3.74. The number of carbonyl (C=O) groups is 2. The second-order valence-electron chi connectivity index (χ2n) is 4.94. The second kappa shape index (κ2) is 5.88. The van der Waals surface area contributed by atoms with Crippen molar-refractivity contribution in [3.63, 3.8) is 0 Å². The van der Waals surface area contributed by atoms with Crippen LogP contribution in [0, 0.1) is 11.8 Å². The minimum absolute atomic E-state index is 0.0715. The summed E-state index contributed by atoms with van der Waals surface area (Å²) in [5.41, 5.74) is 0. The molecule has 1 saturated heterocycles. The summed E-state index contributed by atoms with van der Waals surface area (Å²) >= 11 is 0. The minimum Gasteiger partial charge on any atom is -0.481 e. The van der Waals surface area contributed by atoms with E-state index in [1.807, 2.05) is 4.90 Å². The molecule has 19 heavy (non-hydrogen) atoms. The lowest BCUT2D eigenvalue weighted by Gasteiger charge is -2.40. The van der Waals surface area contributed by atoms with Crippen LogP contribution in [0.5, 0.6) is 0 Å². The summed E-state index contributed by atoms with van der Waals surface area (Å²) < 4.78 is 5.11. The number of carboxylic acids is 1. The zero-order chi connectivity index (χ0) is 13.8. The first kappa shape index (κ1) is 13.6. The molecule has 0 spiro atoms. The van der Waals surface area contributed by atoms with Gasteiger partial charge in [-0.25, -0.2) is 0 Å². The van der Waals surface area contributed by atoms with E-state index in [0.29, 0.717) is 31.9 Å². The number of hydrogen-bond donors (Lipinski definition) is 2. The Morgan fingerprint density at radius 2 is 2.32 bits per heavy atom. The van der Waals surface area contributed by atoms with E-state index in [2.05, 4.69) is 5.32 Å². The first-order valence-electron chi connectivity index (χ1n) is 6.30. The minimum atomic E-state index is -0.771. The van der Waals surface area contributed by atoms with Gasteiger partial charge in [0.1, 0.15) is 5.76 Å².